The van der Waals surface area contributed by atoms with Crippen molar-refractivity contribution in [3.63, 3.8) is 0 Å². The molecule has 104 valence electrons. The monoisotopic (exact) mass is 262 g/mol. The molecule has 2 fully saturated rings. The van der Waals surface area contributed by atoms with E-state index in [2.05, 4.69) is 14.8 Å². The molecule has 3 rings (SSSR count). The Hall–Kier alpha value is -1.33. The molecule has 2 aliphatic rings. The predicted molar refractivity (Wildman–Crippen MR) is 76.3 cm³/mol. The zero-order chi connectivity index (χ0) is 13.1. The summed E-state index contributed by atoms with van der Waals surface area (Å²) < 4.78 is 5.70. The molecule has 2 saturated heterocycles. The molecule has 0 aliphatic carbocycles. The van der Waals surface area contributed by atoms with Crippen LogP contribution in [0, 0.1) is 0 Å². The Morgan fingerprint density at radius 1 is 1.32 bits per heavy atom. The van der Waals surface area contributed by atoms with E-state index in [4.69, 9.17) is 10.5 Å². The maximum atomic E-state index is 5.98. The molecule has 1 aromatic heterocycles. The van der Waals surface area contributed by atoms with Crippen LogP contribution in [0.4, 0.5) is 11.4 Å². The summed E-state index contributed by atoms with van der Waals surface area (Å²) in [6, 6.07) is 2.01. The van der Waals surface area contributed by atoms with Crippen molar-refractivity contribution in [2.75, 3.05) is 50.0 Å². The van der Waals surface area contributed by atoms with Crippen LogP contribution < -0.4 is 10.6 Å². The molecule has 2 N–H and O–H groups in total. The minimum Gasteiger partial charge on any atom is -0.396 e. The zero-order valence-corrected chi connectivity index (χ0v) is 11.3. The lowest BCUT2D eigenvalue weighted by atomic mass is 10.2. The summed E-state index contributed by atoms with van der Waals surface area (Å²) in [5, 5.41) is 0. The second kappa shape index (κ2) is 5.75. The summed E-state index contributed by atoms with van der Waals surface area (Å²) in [6.07, 6.45) is 6.44. The average Bonchev–Trinajstić information content (AvgIpc) is 2.93. The van der Waals surface area contributed by atoms with Gasteiger partial charge in [0.2, 0.25) is 0 Å². The van der Waals surface area contributed by atoms with Gasteiger partial charge in [-0.1, -0.05) is 0 Å². The van der Waals surface area contributed by atoms with Gasteiger partial charge in [0.05, 0.1) is 23.7 Å². The molecule has 0 spiro atoms. The van der Waals surface area contributed by atoms with Crippen molar-refractivity contribution in [2.45, 2.75) is 18.9 Å². The Morgan fingerprint density at radius 2 is 2.16 bits per heavy atom. The van der Waals surface area contributed by atoms with Crippen LogP contribution in [0.1, 0.15) is 12.8 Å². The van der Waals surface area contributed by atoms with Crippen LogP contribution in [-0.4, -0.2) is 55.3 Å². The van der Waals surface area contributed by atoms with Gasteiger partial charge in [-0.25, -0.2) is 0 Å². The molecule has 1 aromatic rings. The van der Waals surface area contributed by atoms with Crippen molar-refractivity contribution >= 4 is 11.4 Å². The molecule has 1 atom stereocenters. The van der Waals surface area contributed by atoms with Crippen LogP contribution in [0.3, 0.4) is 0 Å². The van der Waals surface area contributed by atoms with Crippen molar-refractivity contribution < 1.29 is 4.74 Å². The number of hydrogen-bond acceptors (Lipinski definition) is 5. The number of nitrogens with zero attached hydrogens (tertiary/aromatic N) is 3. The van der Waals surface area contributed by atoms with Gasteiger partial charge in [-0.05, 0) is 18.9 Å². The maximum absolute atomic E-state index is 5.98. The smallest absolute Gasteiger partial charge is 0.0738 e. The minimum atomic E-state index is 0.456. The van der Waals surface area contributed by atoms with Gasteiger partial charge in [0, 0.05) is 45.5 Å². The van der Waals surface area contributed by atoms with Gasteiger partial charge >= 0.3 is 0 Å². The van der Waals surface area contributed by atoms with Crippen molar-refractivity contribution in [1.29, 1.82) is 0 Å². The van der Waals surface area contributed by atoms with E-state index >= 15 is 0 Å². The summed E-state index contributed by atoms with van der Waals surface area (Å²) in [6.45, 7) is 6.25. The molecule has 0 saturated carbocycles. The lowest BCUT2D eigenvalue weighted by Gasteiger charge is -2.37. The number of nitrogen functional groups attached to an aromatic ring is 1. The summed E-state index contributed by atoms with van der Waals surface area (Å²) in [7, 11) is 0. The molecule has 0 bridgehead atoms. The van der Waals surface area contributed by atoms with Crippen molar-refractivity contribution in [3.05, 3.63) is 18.5 Å². The normalized spacial score (nSPS) is 24.8. The fourth-order valence-corrected chi connectivity index (χ4v) is 2.93. The molecule has 0 amide bonds. The third kappa shape index (κ3) is 2.98. The van der Waals surface area contributed by atoms with E-state index in [1.807, 2.05) is 12.3 Å². The number of ether oxygens (including phenoxy) is 1. The fraction of sp³-hybridized carbons (Fsp3) is 0.643. The summed E-state index contributed by atoms with van der Waals surface area (Å²) >= 11 is 0. The van der Waals surface area contributed by atoms with E-state index in [0.717, 1.165) is 50.7 Å². The maximum Gasteiger partial charge on any atom is 0.0738 e. The molecule has 5 nitrogen and oxygen atoms in total. The number of aromatic nitrogens is 1. The number of anilines is 2. The van der Waals surface area contributed by atoms with Gasteiger partial charge in [0.15, 0.2) is 0 Å². The molecule has 5 heteroatoms. The first kappa shape index (κ1) is 12.7. The minimum absolute atomic E-state index is 0.456. The molecule has 1 unspecified atom stereocenters. The first-order chi connectivity index (χ1) is 9.33. The van der Waals surface area contributed by atoms with Gasteiger partial charge in [-0.3, -0.25) is 9.88 Å². The molecule has 0 aromatic carbocycles. The third-order valence-corrected chi connectivity index (χ3v) is 4.03. The van der Waals surface area contributed by atoms with E-state index in [9.17, 15) is 0 Å². The number of rotatable bonds is 3. The van der Waals surface area contributed by atoms with E-state index in [0.29, 0.717) is 6.10 Å². The summed E-state index contributed by atoms with van der Waals surface area (Å²) in [5.41, 5.74) is 7.87. The first-order valence-electron chi connectivity index (χ1n) is 7.11. The average molecular weight is 262 g/mol. The lowest BCUT2D eigenvalue weighted by Crippen LogP contribution is -2.48. The molecular weight excluding hydrogens is 240 g/mol. The number of pyridine rings is 1. The highest BCUT2D eigenvalue weighted by Crippen LogP contribution is 2.23. The molecule has 2 aliphatic heterocycles. The Bertz CT molecular complexity index is 412. The van der Waals surface area contributed by atoms with Crippen LogP contribution in [0.15, 0.2) is 18.5 Å². The molecule has 19 heavy (non-hydrogen) atoms. The Kier molecular flexibility index (Phi) is 3.84. The fourth-order valence-electron chi connectivity index (χ4n) is 2.93. The topological polar surface area (TPSA) is 54.6 Å². The van der Waals surface area contributed by atoms with Crippen LogP contribution >= 0.6 is 0 Å². The van der Waals surface area contributed by atoms with Gasteiger partial charge in [0.25, 0.3) is 0 Å². The first-order valence-corrected chi connectivity index (χ1v) is 7.11. The van der Waals surface area contributed by atoms with E-state index in [-0.39, 0.29) is 0 Å². The molecule has 3 heterocycles. The van der Waals surface area contributed by atoms with Gasteiger partial charge in [-0.2, -0.15) is 0 Å². The third-order valence-electron chi connectivity index (χ3n) is 4.03. The second-order valence-electron chi connectivity index (χ2n) is 5.36. The SMILES string of the molecule is Nc1cnccc1N1CCN(CC2CCCO2)CC1. The quantitative estimate of drug-likeness (QED) is 0.879. The van der Waals surface area contributed by atoms with E-state index < -0.39 is 0 Å². The van der Waals surface area contributed by atoms with Crippen molar-refractivity contribution in [2.24, 2.45) is 0 Å². The van der Waals surface area contributed by atoms with E-state index in [1.165, 1.54) is 12.8 Å². The summed E-state index contributed by atoms with van der Waals surface area (Å²) in [4.78, 5) is 8.90. The Labute approximate surface area is 114 Å². The van der Waals surface area contributed by atoms with Gasteiger partial charge < -0.3 is 15.4 Å². The van der Waals surface area contributed by atoms with Crippen LogP contribution in [0.2, 0.25) is 0 Å². The van der Waals surface area contributed by atoms with Crippen molar-refractivity contribution in [1.82, 2.24) is 9.88 Å². The van der Waals surface area contributed by atoms with Crippen molar-refractivity contribution in [3.8, 4) is 0 Å². The number of piperazine rings is 1. The standard InChI is InChI=1S/C14H22N4O/c15-13-10-16-4-3-14(13)18-7-5-17(6-8-18)11-12-2-1-9-19-12/h3-4,10,12H,1-2,5-9,11,15H2. The summed E-state index contributed by atoms with van der Waals surface area (Å²) in [5.74, 6) is 0. The van der Waals surface area contributed by atoms with Crippen LogP contribution in [0.5, 0.6) is 0 Å². The van der Waals surface area contributed by atoms with Gasteiger partial charge in [0.1, 0.15) is 0 Å². The predicted octanol–water partition coefficient (Wildman–Crippen LogP) is 0.965. The Balaban J connectivity index is 1.53. The zero-order valence-electron chi connectivity index (χ0n) is 11.3. The highest BCUT2D eigenvalue weighted by molar-refractivity contribution is 5.66. The lowest BCUT2D eigenvalue weighted by molar-refractivity contribution is 0.0713. The highest BCUT2D eigenvalue weighted by atomic mass is 16.5. The van der Waals surface area contributed by atoms with Gasteiger partial charge in [-0.15, -0.1) is 0 Å². The van der Waals surface area contributed by atoms with Crippen LogP contribution in [-0.2, 0) is 4.74 Å². The molecule has 0 radical (unpaired) electrons. The number of nitrogens with two attached hydrogens (primary N) is 1. The van der Waals surface area contributed by atoms with Crippen LogP contribution in [0.25, 0.3) is 0 Å². The Morgan fingerprint density at radius 3 is 2.84 bits per heavy atom. The van der Waals surface area contributed by atoms with E-state index in [1.54, 1.807) is 6.20 Å². The highest BCUT2D eigenvalue weighted by Gasteiger charge is 2.23. The molecular formula is C14H22N4O. The number of hydrogen-bond donors (Lipinski definition) is 1. The largest absolute Gasteiger partial charge is 0.396 e. The second-order valence-corrected chi connectivity index (χ2v) is 5.36.